The van der Waals surface area contributed by atoms with Crippen LogP contribution in [-0.4, -0.2) is 16.3 Å². The second-order valence-electron chi connectivity index (χ2n) is 4.80. The normalized spacial score (nSPS) is 13.3. The van der Waals surface area contributed by atoms with E-state index in [2.05, 4.69) is 49.0 Å². The van der Waals surface area contributed by atoms with Gasteiger partial charge in [0.2, 0.25) is 0 Å². The van der Waals surface area contributed by atoms with Crippen molar-refractivity contribution in [2.45, 2.75) is 53.1 Å². The summed E-state index contributed by atoms with van der Waals surface area (Å²) in [5.41, 5.74) is 1.32. The van der Waals surface area contributed by atoms with Crippen LogP contribution >= 0.6 is 0 Å². The number of nitrogens with zero attached hydrogens (tertiary/aromatic N) is 2. The minimum absolute atomic E-state index is 0.459. The Labute approximate surface area is 99.2 Å². The molecule has 0 spiro atoms. The van der Waals surface area contributed by atoms with Crippen LogP contribution in [0, 0.1) is 5.92 Å². The third kappa shape index (κ3) is 3.97. The van der Waals surface area contributed by atoms with Gasteiger partial charge in [0.05, 0.1) is 6.20 Å². The number of aromatic nitrogens is 2. The molecule has 0 radical (unpaired) electrons. The van der Waals surface area contributed by atoms with E-state index in [0.29, 0.717) is 12.0 Å². The first-order valence-corrected chi connectivity index (χ1v) is 6.43. The summed E-state index contributed by atoms with van der Waals surface area (Å²) < 4.78 is 2.05. The van der Waals surface area contributed by atoms with Crippen LogP contribution in [-0.2, 0) is 6.54 Å². The Kier molecular flexibility index (Phi) is 5.53. The summed E-state index contributed by atoms with van der Waals surface area (Å²) in [6, 6.07) is 0.459. The van der Waals surface area contributed by atoms with Crippen molar-refractivity contribution >= 4 is 0 Å². The molecule has 1 rings (SSSR count). The van der Waals surface area contributed by atoms with Crippen LogP contribution < -0.4 is 5.32 Å². The monoisotopic (exact) mass is 223 g/mol. The highest BCUT2D eigenvalue weighted by molar-refractivity contribution is 5.10. The molecule has 1 aromatic heterocycles. The number of hydrogen-bond acceptors (Lipinski definition) is 2. The summed E-state index contributed by atoms with van der Waals surface area (Å²) in [7, 11) is 0. The van der Waals surface area contributed by atoms with E-state index in [1.165, 1.54) is 12.0 Å². The quantitative estimate of drug-likeness (QED) is 0.770. The molecule has 1 heterocycles. The summed E-state index contributed by atoms with van der Waals surface area (Å²) in [6.45, 7) is 10.9. The first-order valence-electron chi connectivity index (χ1n) is 6.43. The van der Waals surface area contributed by atoms with Crippen molar-refractivity contribution in [1.29, 1.82) is 0 Å². The summed E-state index contributed by atoms with van der Waals surface area (Å²) in [4.78, 5) is 0. The first-order chi connectivity index (χ1) is 7.67. The van der Waals surface area contributed by atoms with Gasteiger partial charge in [-0.05, 0) is 25.3 Å². The van der Waals surface area contributed by atoms with Crippen LogP contribution in [0.2, 0.25) is 0 Å². The van der Waals surface area contributed by atoms with Crippen LogP contribution in [0.25, 0.3) is 0 Å². The Morgan fingerprint density at radius 1 is 1.38 bits per heavy atom. The number of rotatable bonds is 7. The highest BCUT2D eigenvalue weighted by Gasteiger charge is 2.10. The Hall–Kier alpha value is -0.830. The third-order valence-electron chi connectivity index (χ3n) is 2.66. The maximum atomic E-state index is 4.41. The Balaban J connectivity index is 2.59. The molecule has 0 saturated carbocycles. The zero-order valence-corrected chi connectivity index (χ0v) is 11.0. The van der Waals surface area contributed by atoms with Crippen molar-refractivity contribution in [3.63, 3.8) is 0 Å². The molecule has 3 heteroatoms. The summed E-state index contributed by atoms with van der Waals surface area (Å²) in [6.07, 6.45) is 6.47. The predicted octanol–water partition coefficient (Wildman–Crippen LogP) is 2.99. The average molecular weight is 223 g/mol. The molecule has 1 aromatic rings. The zero-order valence-electron chi connectivity index (χ0n) is 11.0. The van der Waals surface area contributed by atoms with Gasteiger partial charge in [-0.1, -0.05) is 27.7 Å². The Morgan fingerprint density at radius 2 is 2.12 bits per heavy atom. The van der Waals surface area contributed by atoms with Gasteiger partial charge in [-0.15, -0.1) is 0 Å². The lowest BCUT2D eigenvalue weighted by atomic mass is 10.1. The number of nitrogens with one attached hydrogen (secondary N) is 1. The van der Waals surface area contributed by atoms with E-state index < -0.39 is 0 Å². The van der Waals surface area contributed by atoms with Crippen LogP contribution in [0.15, 0.2) is 12.4 Å². The second kappa shape index (κ2) is 6.69. The van der Waals surface area contributed by atoms with Gasteiger partial charge in [-0.25, -0.2) is 0 Å². The molecule has 0 saturated heterocycles. The first kappa shape index (κ1) is 13.2. The van der Waals surface area contributed by atoms with E-state index in [0.717, 1.165) is 19.5 Å². The second-order valence-corrected chi connectivity index (χ2v) is 4.80. The fourth-order valence-electron chi connectivity index (χ4n) is 1.85. The van der Waals surface area contributed by atoms with Crippen LogP contribution in [0.4, 0.5) is 0 Å². The van der Waals surface area contributed by atoms with E-state index in [-0.39, 0.29) is 0 Å². The van der Waals surface area contributed by atoms with Crippen molar-refractivity contribution in [3.05, 3.63) is 18.0 Å². The van der Waals surface area contributed by atoms with Crippen LogP contribution in [0.5, 0.6) is 0 Å². The van der Waals surface area contributed by atoms with Gasteiger partial charge in [0, 0.05) is 24.3 Å². The molecule has 1 N–H and O–H groups in total. The van der Waals surface area contributed by atoms with Gasteiger partial charge in [0.15, 0.2) is 0 Å². The average Bonchev–Trinajstić information content (AvgIpc) is 2.67. The van der Waals surface area contributed by atoms with Gasteiger partial charge in [0.25, 0.3) is 0 Å². The topological polar surface area (TPSA) is 29.9 Å². The van der Waals surface area contributed by atoms with Crippen molar-refractivity contribution in [2.75, 3.05) is 6.54 Å². The van der Waals surface area contributed by atoms with Crippen LogP contribution in [0.3, 0.4) is 0 Å². The Bertz CT molecular complexity index is 291. The summed E-state index contributed by atoms with van der Waals surface area (Å²) in [5.74, 6) is 0.649. The smallest absolute Gasteiger partial charge is 0.0537 e. The van der Waals surface area contributed by atoms with E-state index in [4.69, 9.17) is 0 Å². The molecule has 1 unspecified atom stereocenters. The van der Waals surface area contributed by atoms with E-state index >= 15 is 0 Å². The molecule has 0 aliphatic heterocycles. The molecule has 0 bridgehead atoms. The molecular weight excluding hydrogens is 198 g/mol. The highest BCUT2D eigenvalue weighted by atomic mass is 15.3. The lowest BCUT2D eigenvalue weighted by Crippen LogP contribution is -2.21. The zero-order chi connectivity index (χ0) is 12.0. The van der Waals surface area contributed by atoms with Gasteiger partial charge >= 0.3 is 0 Å². The van der Waals surface area contributed by atoms with E-state index in [1.54, 1.807) is 0 Å². The van der Waals surface area contributed by atoms with Crippen molar-refractivity contribution in [1.82, 2.24) is 15.1 Å². The molecule has 0 fully saturated rings. The van der Waals surface area contributed by atoms with Gasteiger partial charge < -0.3 is 5.32 Å². The molecule has 0 aromatic carbocycles. The molecular formula is C13H25N3. The van der Waals surface area contributed by atoms with Crippen molar-refractivity contribution < 1.29 is 0 Å². The maximum Gasteiger partial charge on any atom is 0.0537 e. The largest absolute Gasteiger partial charge is 0.310 e. The highest BCUT2D eigenvalue weighted by Crippen LogP contribution is 2.15. The van der Waals surface area contributed by atoms with E-state index in [1.807, 2.05) is 6.20 Å². The Morgan fingerprint density at radius 3 is 2.69 bits per heavy atom. The molecule has 0 aliphatic carbocycles. The standard InChI is InChI=1S/C13H25N3/c1-5-7-14-13(6-2)12-8-15-16(10-12)9-11(3)4/h8,10-11,13-14H,5-7,9H2,1-4H3. The van der Waals surface area contributed by atoms with Crippen LogP contribution in [0.1, 0.15) is 52.1 Å². The maximum absolute atomic E-state index is 4.41. The lowest BCUT2D eigenvalue weighted by molar-refractivity contribution is 0.480. The molecule has 92 valence electrons. The SMILES string of the molecule is CCCNC(CC)c1cnn(CC(C)C)c1. The fourth-order valence-corrected chi connectivity index (χ4v) is 1.85. The minimum atomic E-state index is 0.459. The number of hydrogen-bond donors (Lipinski definition) is 1. The third-order valence-corrected chi connectivity index (χ3v) is 2.66. The van der Waals surface area contributed by atoms with Crippen molar-refractivity contribution in [2.24, 2.45) is 5.92 Å². The molecule has 0 aliphatic rings. The fraction of sp³-hybridized carbons (Fsp3) is 0.769. The molecule has 0 amide bonds. The van der Waals surface area contributed by atoms with Gasteiger partial charge in [-0.3, -0.25) is 4.68 Å². The van der Waals surface area contributed by atoms with Gasteiger partial charge in [0.1, 0.15) is 0 Å². The molecule has 16 heavy (non-hydrogen) atoms. The van der Waals surface area contributed by atoms with E-state index in [9.17, 15) is 0 Å². The summed E-state index contributed by atoms with van der Waals surface area (Å²) in [5, 5.41) is 7.96. The molecule has 3 nitrogen and oxygen atoms in total. The minimum Gasteiger partial charge on any atom is -0.310 e. The van der Waals surface area contributed by atoms with Crippen molar-refractivity contribution in [3.8, 4) is 0 Å². The van der Waals surface area contributed by atoms with Gasteiger partial charge in [-0.2, -0.15) is 5.10 Å². The summed E-state index contributed by atoms with van der Waals surface area (Å²) >= 11 is 0. The predicted molar refractivity (Wildman–Crippen MR) is 68.4 cm³/mol. The molecule has 1 atom stereocenters. The lowest BCUT2D eigenvalue weighted by Gasteiger charge is -2.14.